The highest BCUT2D eigenvalue weighted by Gasteiger charge is 2.17. The van der Waals surface area contributed by atoms with E-state index in [0.29, 0.717) is 0 Å². The third-order valence-corrected chi connectivity index (χ3v) is 3.85. The van der Waals surface area contributed by atoms with E-state index in [1.54, 1.807) is 6.33 Å². The standard InChI is InChI=1S/C17H22N4/c1-2-10-18-16-12-17(20-13-19-16)21-11-6-5-8-14-7-3-4-9-15(14)21/h3-4,7,9,12-13H,2,5-6,8,10-11H2,1H3,(H,18,19,20). The minimum atomic E-state index is 0.906. The molecule has 21 heavy (non-hydrogen) atoms. The molecule has 1 aromatic heterocycles. The Hall–Kier alpha value is -2.10. The highest BCUT2D eigenvalue weighted by atomic mass is 15.2. The van der Waals surface area contributed by atoms with Crippen molar-refractivity contribution in [1.29, 1.82) is 0 Å². The first kappa shape index (κ1) is 13.9. The quantitative estimate of drug-likeness (QED) is 0.926. The van der Waals surface area contributed by atoms with E-state index in [2.05, 4.69) is 57.4 Å². The second-order valence-corrected chi connectivity index (χ2v) is 5.43. The van der Waals surface area contributed by atoms with Crippen LogP contribution in [0.1, 0.15) is 31.7 Å². The van der Waals surface area contributed by atoms with Gasteiger partial charge in [-0.25, -0.2) is 9.97 Å². The van der Waals surface area contributed by atoms with Gasteiger partial charge >= 0.3 is 0 Å². The van der Waals surface area contributed by atoms with Crippen molar-refractivity contribution in [3.05, 3.63) is 42.2 Å². The number of anilines is 3. The molecule has 0 radical (unpaired) electrons. The molecule has 0 bridgehead atoms. The average Bonchev–Trinajstić information content (AvgIpc) is 2.75. The molecule has 3 rings (SSSR count). The van der Waals surface area contributed by atoms with Gasteiger partial charge in [-0.05, 0) is 37.3 Å². The maximum atomic E-state index is 4.49. The first-order valence-electron chi connectivity index (χ1n) is 7.80. The summed E-state index contributed by atoms with van der Waals surface area (Å²) in [6, 6.07) is 10.7. The number of rotatable bonds is 4. The van der Waals surface area contributed by atoms with Crippen LogP contribution in [0.3, 0.4) is 0 Å². The third-order valence-electron chi connectivity index (χ3n) is 3.85. The van der Waals surface area contributed by atoms with Gasteiger partial charge in [0.2, 0.25) is 0 Å². The molecule has 0 aliphatic carbocycles. The molecule has 4 nitrogen and oxygen atoms in total. The number of nitrogens with one attached hydrogen (secondary N) is 1. The number of aromatic nitrogens is 2. The molecule has 1 aromatic carbocycles. The fourth-order valence-corrected chi connectivity index (χ4v) is 2.77. The molecule has 0 spiro atoms. The summed E-state index contributed by atoms with van der Waals surface area (Å²) < 4.78 is 0. The van der Waals surface area contributed by atoms with Crippen molar-refractivity contribution in [2.24, 2.45) is 0 Å². The van der Waals surface area contributed by atoms with Crippen LogP contribution in [0.4, 0.5) is 17.3 Å². The third kappa shape index (κ3) is 3.15. The van der Waals surface area contributed by atoms with Gasteiger partial charge in [-0.1, -0.05) is 25.1 Å². The number of aryl methyl sites for hydroxylation is 1. The Morgan fingerprint density at radius 3 is 3.00 bits per heavy atom. The van der Waals surface area contributed by atoms with Crippen LogP contribution < -0.4 is 10.2 Å². The van der Waals surface area contributed by atoms with Crippen LogP contribution in [-0.4, -0.2) is 23.1 Å². The van der Waals surface area contributed by atoms with Crippen molar-refractivity contribution in [3.8, 4) is 0 Å². The first-order chi connectivity index (χ1) is 10.4. The molecule has 0 saturated heterocycles. The Morgan fingerprint density at radius 2 is 2.10 bits per heavy atom. The minimum absolute atomic E-state index is 0.906. The largest absolute Gasteiger partial charge is 0.370 e. The SMILES string of the molecule is CCCNc1cc(N2CCCCc3ccccc32)ncn1. The van der Waals surface area contributed by atoms with Crippen molar-refractivity contribution in [2.45, 2.75) is 32.6 Å². The lowest BCUT2D eigenvalue weighted by molar-refractivity contribution is 0.757. The lowest BCUT2D eigenvalue weighted by Crippen LogP contribution is -2.19. The summed E-state index contributed by atoms with van der Waals surface area (Å²) in [6.45, 7) is 4.11. The summed E-state index contributed by atoms with van der Waals surface area (Å²) >= 11 is 0. The fourth-order valence-electron chi connectivity index (χ4n) is 2.77. The molecule has 0 unspecified atom stereocenters. The molecule has 2 heterocycles. The van der Waals surface area contributed by atoms with Crippen LogP contribution in [0.25, 0.3) is 0 Å². The molecule has 1 aliphatic rings. The fraction of sp³-hybridized carbons (Fsp3) is 0.412. The van der Waals surface area contributed by atoms with Crippen molar-refractivity contribution >= 4 is 17.3 Å². The summed E-state index contributed by atoms with van der Waals surface area (Å²) in [5, 5.41) is 3.34. The molecular weight excluding hydrogens is 260 g/mol. The topological polar surface area (TPSA) is 41.0 Å². The number of hydrogen-bond donors (Lipinski definition) is 1. The van der Waals surface area contributed by atoms with E-state index in [4.69, 9.17) is 0 Å². The summed E-state index contributed by atoms with van der Waals surface area (Å²) in [4.78, 5) is 11.1. The predicted octanol–water partition coefficient (Wildman–Crippen LogP) is 3.77. The Kier molecular flexibility index (Phi) is 4.34. The van der Waals surface area contributed by atoms with Crippen molar-refractivity contribution in [3.63, 3.8) is 0 Å². The van der Waals surface area contributed by atoms with Gasteiger partial charge in [-0.2, -0.15) is 0 Å². The zero-order valence-electron chi connectivity index (χ0n) is 12.5. The molecule has 4 heteroatoms. The van der Waals surface area contributed by atoms with Gasteiger partial charge in [0.25, 0.3) is 0 Å². The molecule has 0 atom stereocenters. The number of benzene rings is 1. The molecule has 0 saturated carbocycles. The number of hydrogen-bond acceptors (Lipinski definition) is 4. The minimum Gasteiger partial charge on any atom is -0.370 e. The molecular formula is C17H22N4. The van der Waals surface area contributed by atoms with Crippen molar-refractivity contribution < 1.29 is 0 Å². The lowest BCUT2D eigenvalue weighted by Gasteiger charge is -2.24. The normalized spacial score (nSPS) is 14.4. The van der Waals surface area contributed by atoms with Crippen LogP contribution in [0.2, 0.25) is 0 Å². The van der Waals surface area contributed by atoms with Crippen molar-refractivity contribution in [2.75, 3.05) is 23.3 Å². The molecule has 110 valence electrons. The van der Waals surface area contributed by atoms with Crippen LogP contribution in [-0.2, 0) is 6.42 Å². The van der Waals surface area contributed by atoms with E-state index in [0.717, 1.165) is 37.6 Å². The number of para-hydroxylation sites is 1. The average molecular weight is 282 g/mol. The molecule has 2 aromatic rings. The Labute approximate surface area is 126 Å². The number of nitrogens with zero attached hydrogens (tertiary/aromatic N) is 3. The first-order valence-corrected chi connectivity index (χ1v) is 7.80. The highest BCUT2D eigenvalue weighted by molar-refractivity contribution is 5.66. The Balaban J connectivity index is 1.92. The van der Waals surface area contributed by atoms with E-state index >= 15 is 0 Å². The van der Waals surface area contributed by atoms with Crippen molar-refractivity contribution in [1.82, 2.24) is 9.97 Å². The van der Waals surface area contributed by atoms with E-state index < -0.39 is 0 Å². The van der Waals surface area contributed by atoms with Gasteiger partial charge in [0.1, 0.15) is 18.0 Å². The van der Waals surface area contributed by atoms with Gasteiger partial charge in [0.05, 0.1) is 0 Å². The van der Waals surface area contributed by atoms with Crippen LogP contribution >= 0.6 is 0 Å². The van der Waals surface area contributed by atoms with Gasteiger partial charge < -0.3 is 10.2 Å². The van der Waals surface area contributed by atoms with Gasteiger partial charge in [0.15, 0.2) is 0 Å². The number of fused-ring (bicyclic) bond motifs is 1. The second-order valence-electron chi connectivity index (χ2n) is 5.43. The lowest BCUT2D eigenvalue weighted by atomic mass is 10.1. The molecule has 1 N–H and O–H groups in total. The predicted molar refractivity (Wildman–Crippen MR) is 87.2 cm³/mol. The Bertz CT molecular complexity index is 597. The van der Waals surface area contributed by atoms with E-state index in [-0.39, 0.29) is 0 Å². The molecule has 1 aliphatic heterocycles. The Morgan fingerprint density at radius 1 is 1.19 bits per heavy atom. The van der Waals surface area contributed by atoms with E-state index in [1.807, 2.05) is 0 Å². The van der Waals surface area contributed by atoms with Gasteiger partial charge in [0, 0.05) is 24.8 Å². The maximum Gasteiger partial charge on any atom is 0.138 e. The zero-order valence-corrected chi connectivity index (χ0v) is 12.5. The van der Waals surface area contributed by atoms with E-state index in [1.165, 1.54) is 24.1 Å². The summed E-state index contributed by atoms with van der Waals surface area (Å²) in [5.74, 6) is 1.89. The smallest absolute Gasteiger partial charge is 0.138 e. The highest BCUT2D eigenvalue weighted by Crippen LogP contribution is 2.31. The van der Waals surface area contributed by atoms with Crippen LogP contribution in [0, 0.1) is 0 Å². The maximum absolute atomic E-state index is 4.49. The molecule has 0 fully saturated rings. The summed E-state index contributed by atoms with van der Waals surface area (Å²) in [5.41, 5.74) is 2.70. The summed E-state index contributed by atoms with van der Waals surface area (Å²) in [7, 11) is 0. The van der Waals surface area contributed by atoms with Crippen LogP contribution in [0.15, 0.2) is 36.7 Å². The second kappa shape index (κ2) is 6.57. The van der Waals surface area contributed by atoms with E-state index in [9.17, 15) is 0 Å². The monoisotopic (exact) mass is 282 g/mol. The van der Waals surface area contributed by atoms with Gasteiger partial charge in [-0.3, -0.25) is 0 Å². The zero-order chi connectivity index (χ0) is 14.5. The summed E-state index contributed by atoms with van der Waals surface area (Å²) in [6.07, 6.45) is 6.32. The molecule has 0 amide bonds. The van der Waals surface area contributed by atoms with Crippen LogP contribution in [0.5, 0.6) is 0 Å². The van der Waals surface area contributed by atoms with Gasteiger partial charge in [-0.15, -0.1) is 0 Å².